The van der Waals surface area contributed by atoms with Crippen LogP contribution in [-0.4, -0.2) is 30.9 Å². The molecule has 1 N–H and O–H groups in total. The number of hydrogen-bond acceptors (Lipinski definition) is 2. The summed E-state index contributed by atoms with van der Waals surface area (Å²) in [5, 5.41) is 3.29. The third-order valence-corrected chi connectivity index (χ3v) is 4.06. The summed E-state index contributed by atoms with van der Waals surface area (Å²) in [4.78, 5) is 14.2. The van der Waals surface area contributed by atoms with Crippen LogP contribution in [0.2, 0.25) is 0 Å². The first-order valence-corrected chi connectivity index (χ1v) is 7.15. The minimum atomic E-state index is 0.139. The van der Waals surface area contributed by atoms with Crippen molar-refractivity contribution in [1.82, 2.24) is 10.2 Å². The van der Waals surface area contributed by atoms with Gasteiger partial charge >= 0.3 is 0 Å². The van der Waals surface area contributed by atoms with Crippen LogP contribution in [0.3, 0.4) is 0 Å². The third kappa shape index (κ3) is 3.35. The predicted molar refractivity (Wildman–Crippen MR) is 77.8 cm³/mol. The van der Waals surface area contributed by atoms with Crippen LogP contribution in [0, 0.1) is 11.8 Å². The summed E-state index contributed by atoms with van der Waals surface area (Å²) in [5.74, 6) is 0.842. The normalized spacial score (nSPS) is 22.5. The molecule has 0 bridgehead atoms. The highest BCUT2D eigenvalue weighted by Gasteiger charge is 2.31. The smallest absolute Gasteiger partial charge is 0.227 e. The maximum atomic E-state index is 12.4. The topological polar surface area (TPSA) is 32.3 Å². The Morgan fingerprint density at radius 2 is 1.89 bits per heavy atom. The number of hydrogen-bond donors (Lipinski definition) is 1. The minimum Gasteiger partial charge on any atom is -0.341 e. The highest BCUT2D eigenvalue weighted by atomic mass is 16.2. The first kappa shape index (κ1) is 14.1. The average molecular weight is 260 g/mol. The van der Waals surface area contributed by atoms with Crippen molar-refractivity contribution in [2.75, 3.05) is 20.1 Å². The number of benzene rings is 1. The lowest BCUT2D eigenvalue weighted by Gasteiger charge is -2.23. The van der Waals surface area contributed by atoms with Gasteiger partial charge in [0.1, 0.15) is 0 Å². The summed E-state index contributed by atoms with van der Waals surface area (Å²) in [6.45, 7) is 6.77. The second-order valence-corrected chi connectivity index (χ2v) is 5.61. The molecular weight excluding hydrogens is 236 g/mol. The third-order valence-electron chi connectivity index (χ3n) is 4.06. The van der Waals surface area contributed by atoms with Crippen molar-refractivity contribution in [1.29, 1.82) is 0 Å². The van der Waals surface area contributed by atoms with Gasteiger partial charge in [0.15, 0.2) is 0 Å². The van der Waals surface area contributed by atoms with E-state index in [9.17, 15) is 4.79 Å². The van der Waals surface area contributed by atoms with E-state index in [1.54, 1.807) is 0 Å². The number of nitrogens with zero attached hydrogens (tertiary/aromatic N) is 1. The van der Waals surface area contributed by atoms with Crippen molar-refractivity contribution in [2.24, 2.45) is 11.8 Å². The van der Waals surface area contributed by atoms with Crippen molar-refractivity contribution in [3.8, 4) is 0 Å². The maximum absolute atomic E-state index is 12.4. The monoisotopic (exact) mass is 260 g/mol. The molecule has 1 fully saturated rings. The Hall–Kier alpha value is -1.35. The first-order chi connectivity index (χ1) is 9.11. The van der Waals surface area contributed by atoms with Gasteiger partial charge in [0, 0.05) is 20.1 Å². The predicted octanol–water partition coefficient (Wildman–Crippen LogP) is 2.06. The zero-order valence-electron chi connectivity index (χ0n) is 12.1. The summed E-state index contributed by atoms with van der Waals surface area (Å²) in [6.07, 6.45) is 1.06. The van der Waals surface area contributed by atoms with Crippen LogP contribution in [0.4, 0.5) is 0 Å². The number of rotatable bonds is 4. The van der Waals surface area contributed by atoms with Crippen molar-refractivity contribution in [3.05, 3.63) is 35.4 Å². The van der Waals surface area contributed by atoms with Gasteiger partial charge in [0.05, 0.1) is 5.92 Å². The van der Waals surface area contributed by atoms with E-state index in [0.717, 1.165) is 19.5 Å². The number of amides is 1. The van der Waals surface area contributed by atoms with Gasteiger partial charge < -0.3 is 10.2 Å². The second-order valence-electron chi connectivity index (χ2n) is 5.61. The van der Waals surface area contributed by atoms with E-state index in [-0.39, 0.29) is 11.8 Å². The lowest BCUT2D eigenvalue weighted by atomic mass is 9.96. The standard InChI is InChI=1S/C16H24N2O/c1-4-13-5-7-14(8-6-13)11-18(3)16(19)15-10-17-9-12(15)2/h5-8,12,15,17H,4,9-11H2,1-3H3/t12-,15-/m1/s1. The molecule has 2 rings (SSSR count). The SMILES string of the molecule is CCc1ccc(CN(C)C(=O)[C@@H]2CNC[C@H]2C)cc1. The molecule has 19 heavy (non-hydrogen) atoms. The molecule has 104 valence electrons. The lowest BCUT2D eigenvalue weighted by Crippen LogP contribution is -2.35. The quantitative estimate of drug-likeness (QED) is 0.899. The van der Waals surface area contributed by atoms with Crippen LogP contribution in [-0.2, 0) is 17.8 Å². The van der Waals surface area contributed by atoms with E-state index < -0.39 is 0 Å². The van der Waals surface area contributed by atoms with E-state index in [0.29, 0.717) is 12.5 Å². The highest BCUT2D eigenvalue weighted by Crippen LogP contribution is 2.19. The van der Waals surface area contributed by atoms with E-state index in [1.807, 2.05) is 11.9 Å². The van der Waals surface area contributed by atoms with E-state index in [2.05, 4.69) is 43.4 Å². The molecular formula is C16H24N2O. The Morgan fingerprint density at radius 3 is 2.42 bits per heavy atom. The fraction of sp³-hybridized carbons (Fsp3) is 0.562. The Morgan fingerprint density at radius 1 is 1.26 bits per heavy atom. The van der Waals surface area contributed by atoms with Crippen LogP contribution in [0.15, 0.2) is 24.3 Å². The van der Waals surface area contributed by atoms with Crippen LogP contribution in [0.1, 0.15) is 25.0 Å². The van der Waals surface area contributed by atoms with Gasteiger partial charge in [-0.3, -0.25) is 4.79 Å². The van der Waals surface area contributed by atoms with Crippen LogP contribution < -0.4 is 5.32 Å². The molecule has 1 aromatic carbocycles. The molecule has 0 radical (unpaired) electrons. The molecule has 1 amide bonds. The molecule has 1 heterocycles. The molecule has 1 aliphatic heterocycles. The summed E-state index contributed by atoms with van der Waals surface area (Å²) in [5.41, 5.74) is 2.54. The second kappa shape index (κ2) is 6.20. The number of carbonyl (C=O) groups is 1. The van der Waals surface area contributed by atoms with Gasteiger partial charge in [0.25, 0.3) is 0 Å². The summed E-state index contributed by atoms with van der Waals surface area (Å²) >= 11 is 0. The van der Waals surface area contributed by atoms with E-state index >= 15 is 0 Å². The minimum absolute atomic E-state index is 0.139. The number of carbonyl (C=O) groups excluding carboxylic acids is 1. The van der Waals surface area contributed by atoms with Crippen molar-refractivity contribution >= 4 is 5.91 Å². The first-order valence-electron chi connectivity index (χ1n) is 7.15. The summed E-state index contributed by atoms with van der Waals surface area (Å²) in [7, 11) is 1.90. The molecule has 3 nitrogen and oxygen atoms in total. The van der Waals surface area contributed by atoms with Gasteiger partial charge in [-0.05, 0) is 30.0 Å². The van der Waals surface area contributed by atoms with Gasteiger partial charge in [-0.15, -0.1) is 0 Å². The number of nitrogens with one attached hydrogen (secondary N) is 1. The molecule has 2 atom stereocenters. The lowest BCUT2D eigenvalue weighted by molar-refractivity contribution is -0.135. The molecule has 3 heteroatoms. The van der Waals surface area contributed by atoms with E-state index in [4.69, 9.17) is 0 Å². The molecule has 0 aliphatic carbocycles. The fourth-order valence-electron chi connectivity index (χ4n) is 2.66. The maximum Gasteiger partial charge on any atom is 0.227 e. The van der Waals surface area contributed by atoms with Crippen molar-refractivity contribution < 1.29 is 4.79 Å². The average Bonchev–Trinajstić information content (AvgIpc) is 2.85. The van der Waals surface area contributed by atoms with Crippen LogP contribution >= 0.6 is 0 Å². The molecule has 0 spiro atoms. The molecule has 0 aromatic heterocycles. The van der Waals surface area contributed by atoms with Crippen LogP contribution in [0.5, 0.6) is 0 Å². The van der Waals surface area contributed by atoms with Gasteiger partial charge in [-0.1, -0.05) is 38.1 Å². The summed E-state index contributed by atoms with van der Waals surface area (Å²) in [6, 6.07) is 8.54. The largest absolute Gasteiger partial charge is 0.341 e. The van der Waals surface area contributed by atoms with Gasteiger partial charge in [0.2, 0.25) is 5.91 Å². The molecule has 1 aromatic rings. The molecule has 1 aliphatic rings. The van der Waals surface area contributed by atoms with Crippen molar-refractivity contribution in [2.45, 2.75) is 26.8 Å². The summed E-state index contributed by atoms with van der Waals surface area (Å²) < 4.78 is 0. The van der Waals surface area contributed by atoms with Crippen molar-refractivity contribution in [3.63, 3.8) is 0 Å². The van der Waals surface area contributed by atoms with Gasteiger partial charge in [-0.2, -0.15) is 0 Å². The van der Waals surface area contributed by atoms with Crippen LogP contribution in [0.25, 0.3) is 0 Å². The zero-order chi connectivity index (χ0) is 13.8. The highest BCUT2D eigenvalue weighted by molar-refractivity contribution is 5.79. The Labute approximate surface area is 116 Å². The molecule has 1 saturated heterocycles. The Kier molecular flexibility index (Phi) is 4.59. The Balaban J connectivity index is 1.95. The molecule has 0 saturated carbocycles. The fourth-order valence-corrected chi connectivity index (χ4v) is 2.66. The Bertz CT molecular complexity index is 427. The van der Waals surface area contributed by atoms with Gasteiger partial charge in [-0.25, -0.2) is 0 Å². The number of aryl methyl sites for hydroxylation is 1. The van der Waals surface area contributed by atoms with E-state index in [1.165, 1.54) is 11.1 Å². The zero-order valence-corrected chi connectivity index (χ0v) is 12.1. The molecule has 0 unspecified atom stereocenters.